The Labute approximate surface area is 169 Å². The third-order valence-electron chi connectivity index (χ3n) is 4.83. The van der Waals surface area contributed by atoms with Crippen molar-refractivity contribution in [2.45, 2.75) is 19.4 Å². The summed E-state index contributed by atoms with van der Waals surface area (Å²) in [7, 11) is 3.88. The van der Waals surface area contributed by atoms with E-state index in [1.165, 1.54) is 4.90 Å². The van der Waals surface area contributed by atoms with Gasteiger partial charge in [-0.05, 0) is 36.2 Å². The molecule has 2 aromatic carbocycles. The van der Waals surface area contributed by atoms with E-state index in [2.05, 4.69) is 0 Å². The van der Waals surface area contributed by atoms with Crippen molar-refractivity contribution in [1.29, 1.82) is 0 Å². The van der Waals surface area contributed by atoms with Crippen LogP contribution in [0.1, 0.15) is 30.5 Å². The highest BCUT2D eigenvalue weighted by Gasteiger charge is 2.45. The van der Waals surface area contributed by atoms with E-state index in [0.717, 1.165) is 11.3 Å². The third-order valence-corrected chi connectivity index (χ3v) is 5.06. The maximum absolute atomic E-state index is 12.8. The number of amides is 1. The van der Waals surface area contributed by atoms with Gasteiger partial charge in [-0.25, -0.2) is 0 Å². The van der Waals surface area contributed by atoms with Crippen LogP contribution < -0.4 is 4.90 Å². The minimum atomic E-state index is -0.674. The van der Waals surface area contributed by atoms with Gasteiger partial charge in [0.25, 0.3) is 11.7 Å². The molecule has 1 aliphatic heterocycles. The van der Waals surface area contributed by atoms with Gasteiger partial charge in [0.05, 0.1) is 11.6 Å². The van der Waals surface area contributed by atoms with Gasteiger partial charge in [0.2, 0.25) is 0 Å². The summed E-state index contributed by atoms with van der Waals surface area (Å²) >= 11 is 6.04. The van der Waals surface area contributed by atoms with Crippen molar-refractivity contribution in [1.82, 2.24) is 4.90 Å². The van der Waals surface area contributed by atoms with Crippen molar-refractivity contribution in [3.05, 3.63) is 70.3 Å². The van der Waals surface area contributed by atoms with E-state index in [9.17, 15) is 14.7 Å². The highest BCUT2D eigenvalue weighted by molar-refractivity contribution is 6.46. The average Bonchev–Trinajstić information content (AvgIpc) is 2.93. The van der Waals surface area contributed by atoms with E-state index in [1.807, 2.05) is 50.2 Å². The highest BCUT2D eigenvalue weighted by Crippen LogP contribution is 2.40. The zero-order valence-corrected chi connectivity index (χ0v) is 16.9. The Bertz CT molecular complexity index is 935. The molecule has 1 unspecified atom stereocenters. The lowest BCUT2D eigenvalue weighted by atomic mass is 9.95. The molecule has 1 N–H and O–H groups in total. The van der Waals surface area contributed by atoms with Crippen LogP contribution >= 0.6 is 11.6 Å². The number of benzene rings is 2. The van der Waals surface area contributed by atoms with Crippen LogP contribution in [-0.4, -0.2) is 42.3 Å². The van der Waals surface area contributed by atoms with E-state index in [4.69, 9.17) is 11.6 Å². The monoisotopic (exact) mass is 398 g/mol. The lowest BCUT2D eigenvalue weighted by Crippen LogP contribution is -2.30. The van der Waals surface area contributed by atoms with Crippen molar-refractivity contribution in [2.24, 2.45) is 0 Å². The summed E-state index contributed by atoms with van der Waals surface area (Å²) in [5, 5.41) is 11.3. The second kappa shape index (κ2) is 8.07. The molecule has 0 aliphatic carbocycles. The molecule has 1 saturated heterocycles. The first kappa shape index (κ1) is 20.0. The topological polar surface area (TPSA) is 60.9 Å². The van der Waals surface area contributed by atoms with Gasteiger partial charge in [-0.3, -0.25) is 9.59 Å². The Balaban J connectivity index is 2.16. The number of aliphatic hydroxyl groups is 1. The average molecular weight is 399 g/mol. The Morgan fingerprint density at radius 2 is 1.82 bits per heavy atom. The normalized spacial score (nSPS) is 18.6. The Kier molecular flexibility index (Phi) is 5.75. The van der Waals surface area contributed by atoms with E-state index < -0.39 is 17.7 Å². The van der Waals surface area contributed by atoms with Gasteiger partial charge in [0.1, 0.15) is 5.76 Å². The van der Waals surface area contributed by atoms with Crippen molar-refractivity contribution in [3.63, 3.8) is 0 Å². The first-order valence-corrected chi connectivity index (χ1v) is 9.54. The molecule has 0 saturated carbocycles. The molecule has 5 nitrogen and oxygen atoms in total. The fourth-order valence-corrected chi connectivity index (χ4v) is 3.63. The van der Waals surface area contributed by atoms with Crippen LogP contribution in [0.5, 0.6) is 0 Å². The molecule has 2 aromatic rings. The van der Waals surface area contributed by atoms with Gasteiger partial charge in [0.15, 0.2) is 0 Å². The van der Waals surface area contributed by atoms with Crippen LogP contribution in [-0.2, 0) is 9.59 Å². The molecule has 3 rings (SSSR count). The zero-order chi connectivity index (χ0) is 20.4. The first-order valence-electron chi connectivity index (χ1n) is 9.16. The number of aliphatic hydroxyl groups excluding tert-OH is 1. The Morgan fingerprint density at radius 3 is 2.39 bits per heavy atom. The Hall–Kier alpha value is -2.79. The van der Waals surface area contributed by atoms with E-state index >= 15 is 0 Å². The second-order valence-corrected chi connectivity index (χ2v) is 7.43. The largest absolute Gasteiger partial charge is 0.507 e. The summed E-state index contributed by atoms with van der Waals surface area (Å²) in [6.45, 7) is 2.37. The molecular weight excluding hydrogens is 376 g/mol. The molecule has 1 fully saturated rings. The van der Waals surface area contributed by atoms with Crippen molar-refractivity contribution >= 4 is 34.7 Å². The van der Waals surface area contributed by atoms with Gasteiger partial charge < -0.3 is 14.9 Å². The summed E-state index contributed by atoms with van der Waals surface area (Å²) in [5.74, 6) is -1.47. The van der Waals surface area contributed by atoms with Crippen molar-refractivity contribution < 1.29 is 14.7 Å². The Morgan fingerprint density at radius 1 is 1.14 bits per heavy atom. The number of halogens is 1. The van der Waals surface area contributed by atoms with Gasteiger partial charge in [0, 0.05) is 36.9 Å². The van der Waals surface area contributed by atoms with Gasteiger partial charge >= 0.3 is 0 Å². The van der Waals surface area contributed by atoms with Crippen LogP contribution in [0.25, 0.3) is 5.76 Å². The molecule has 6 heteroatoms. The van der Waals surface area contributed by atoms with Gasteiger partial charge in [-0.1, -0.05) is 42.8 Å². The predicted octanol–water partition coefficient (Wildman–Crippen LogP) is 4.24. The zero-order valence-electron chi connectivity index (χ0n) is 16.1. The number of likely N-dealkylation sites (tertiary alicyclic amines) is 1. The first-order chi connectivity index (χ1) is 13.3. The van der Waals surface area contributed by atoms with Crippen LogP contribution in [0.3, 0.4) is 0 Å². The fourth-order valence-electron chi connectivity index (χ4n) is 3.44. The molecule has 146 valence electrons. The summed E-state index contributed by atoms with van der Waals surface area (Å²) in [5.41, 5.74) is 2.29. The molecule has 1 amide bonds. The lowest BCUT2D eigenvalue weighted by molar-refractivity contribution is -0.139. The molecule has 1 heterocycles. The summed E-state index contributed by atoms with van der Waals surface area (Å²) < 4.78 is 0. The summed E-state index contributed by atoms with van der Waals surface area (Å²) in [4.78, 5) is 29.0. The maximum Gasteiger partial charge on any atom is 0.295 e. The van der Waals surface area contributed by atoms with Crippen LogP contribution in [0.15, 0.2) is 54.1 Å². The van der Waals surface area contributed by atoms with Gasteiger partial charge in [-0.15, -0.1) is 0 Å². The molecule has 0 bridgehead atoms. The molecule has 1 aliphatic rings. The van der Waals surface area contributed by atoms with Gasteiger partial charge in [-0.2, -0.15) is 0 Å². The molecular formula is C22H23ClN2O3. The van der Waals surface area contributed by atoms with Crippen molar-refractivity contribution in [3.8, 4) is 0 Å². The molecule has 0 radical (unpaired) electrons. The van der Waals surface area contributed by atoms with Crippen molar-refractivity contribution in [2.75, 3.05) is 25.5 Å². The standard InChI is InChI=1S/C22H23ClN2O3/c1-4-12-25-19(14-8-10-17(11-9-14)24(2)3)18(21(27)22(25)28)20(26)15-6-5-7-16(23)13-15/h5-11,13,19,26H,4,12H2,1-3H3/b20-18-. The number of rotatable bonds is 5. The van der Waals surface area contributed by atoms with E-state index in [1.54, 1.807) is 24.3 Å². The molecule has 0 spiro atoms. The van der Waals surface area contributed by atoms with E-state index in [-0.39, 0.29) is 11.3 Å². The third kappa shape index (κ3) is 3.62. The SMILES string of the molecule is CCCN1C(=O)C(=O)/C(=C(\O)c2cccc(Cl)c2)C1c1ccc(N(C)C)cc1. The number of nitrogens with zero attached hydrogens (tertiary/aromatic N) is 2. The predicted molar refractivity (Wildman–Crippen MR) is 112 cm³/mol. The fraction of sp³-hybridized carbons (Fsp3) is 0.273. The lowest BCUT2D eigenvalue weighted by Gasteiger charge is -2.25. The minimum absolute atomic E-state index is 0.0957. The minimum Gasteiger partial charge on any atom is -0.507 e. The smallest absolute Gasteiger partial charge is 0.295 e. The molecule has 28 heavy (non-hydrogen) atoms. The number of carbonyl (C=O) groups is 2. The summed E-state index contributed by atoms with van der Waals surface area (Å²) in [6, 6.07) is 13.6. The quantitative estimate of drug-likeness (QED) is 0.465. The summed E-state index contributed by atoms with van der Waals surface area (Å²) in [6.07, 6.45) is 0.705. The van der Waals surface area contributed by atoms with E-state index in [0.29, 0.717) is 23.6 Å². The number of Topliss-reactive ketones (excluding diaryl/α,β-unsaturated/α-hetero) is 1. The number of hydrogen-bond donors (Lipinski definition) is 1. The maximum atomic E-state index is 12.8. The highest BCUT2D eigenvalue weighted by atomic mass is 35.5. The van der Waals surface area contributed by atoms with Crippen LogP contribution in [0.4, 0.5) is 5.69 Å². The number of anilines is 1. The number of carbonyl (C=O) groups excluding carboxylic acids is 2. The second-order valence-electron chi connectivity index (χ2n) is 6.99. The molecule has 0 aromatic heterocycles. The molecule has 1 atom stereocenters. The number of hydrogen-bond acceptors (Lipinski definition) is 4. The van der Waals surface area contributed by atoms with Crippen LogP contribution in [0.2, 0.25) is 5.02 Å². The van der Waals surface area contributed by atoms with Crippen LogP contribution in [0, 0.1) is 0 Å². The number of ketones is 1.